The van der Waals surface area contributed by atoms with Crippen LogP contribution < -0.4 is 0 Å². The third-order valence-corrected chi connectivity index (χ3v) is 2.42. The first-order chi connectivity index (χ1) is 7.70. The van der Waals surface area contributed by atoms with E-state index in [2.05, 4.69) is 10.2 Å². The minimum absolute atomic E-state index is 0.217. The van der Waals surface area contributed by atoms with Gasteiger partial charge < -0.3 is 9.52 Å². The molecule has 5 heteroatoms. The van der Waals surface area contributed by atoms with Gasteiger partial charge in [-0.1, -0.05) is 6.07 Å². The highest BCUT2D eigenvalue weighted by molar-refractivity contribution is 6.17. The van der Waals surface area contributed by atoms with Crippen LogP contribution in [0.5, 0.6) is 5.75 Å². The van der Waals surface area contributed by atoms with Gasteiger partial charge in [-0.25, -0.2) is 0 Å². The minimum atomic E-state index is 0.217. The van der Waals surface area contributed by atoms with Gasteiger partial charge in [0.25, 0.3) is 0 Å². The molecule has 0 amide bonds. The highest BCUT2D eigenvalue weighted by Gasteiger charge is 2.09. The van der Waals surface area contributed by atoms with Crippen LogP contribution >= 0.6 is 11.6 Å². The molecule has 1 heterocycles. The molecule has 0 radical (unpaired) electrons. The van der Waals surface area contributed by atoms with Gasteiger partial charge in [0, 0.05) is 17.9 Å². The predicted molar refractivity (Wildman–Crippen MR) is 60.6 cm³/mol. The number of phenolic OH excluding ortho intramolecular Hbond substituents is 1. The van der Waals surface area contributed by atoms with Crippen molar-refractivity contribution in [3.8, 4) is 17.2 Å². The summed E-state index contributed by atoms with van der Waals surface area (Å²) in [6.07, 6.45) is 0.548. The molecule has 0 aliphatic rings. The second-order valence-corrected chi connectivity index (χ2v) is 3.82. The van der Waals surface area contributed by atoms with E-state index in [4.69, 9.17) is 16.0 Å². The Morgan fingerprint density at radius 3 is 2.88 bits per heavy atom. The number of benzene rings is 1. The molecule has 0 atom stereocenters. The second kappa shape index (κ2) is 4.53. The van der Waals surface area contributed by atoms with E-state index in [0.29, 0.717) is 29.6 Å². The first-order valence-electron chi connectivity index (χ1n) is 4.89. The molecule has 0 fully saturated rings. The SMILES string of the molecule is Cc1ccc(-c2nnc(CCCl)o2)cc1O. The molecule has 1 aromatic heterocycles. The molecular weight excluding hydrogens is 228 g/mol. The number of aryl methyl sites for hydroxylation is 2. The molecule has 84 valence electrons. The Kier molecular flexibility index (Phi) is 3.10. The van der Waals surface area contributed by atoms with Crippen molar-refractivity contribution in [3.63, 3.8) is 0 Å². The van der Waals surface area contributed by atoms with Crippen molar-refractivity contribution >= 4 is 11.6 Å². The lowest BCUT2D eigenvalue weighted by Crippen LogP contribution is -1.84. The van der Waals surface area contributed by atoms with Crippen molar-refractivity contribution in [2.75, 3.05) is 5.88 Å². The molecule has 2 rings (SSSR count). The third kappa shape index (κ3) is 2.17. The summed E-state index contributed by atoms with van der Waals surface area (Å²) in [6, 6.07) is 5.23. The van der Waals surface area contributed by atoms with Crippen molar-refractivity contribution in [2.45, 2.75) is 13.3 Å². The summed E-state index contributed by atoms with van der Waals surface area (Å²) in [5.41, 5.74) is 1.51. The Labute approximate surface area is 97.9 Å². The fraction of sp³-hybridized carbons (Fsp3) is 0.273. The number of rotatable bonds is 3. The largest absolute Gasteiger partial charge is 0.508 e. The fourth-order valence-corrected chi connectivity index (χ4v) is 1.46. The molecule has 1 N–H and O–H groups in total. The Bertz CT molecular complexity index is 496. The highest BCUT2D eigenvalue weighted by atomic mass is 35.5. The van der Waals surface area contributed by atoms with E-state index in [-0.39, 0.29) is 5.75 Å². The molecule has 0 saturated heterocycles. The summed E-state index contributed by atoms with van der Waals surface area (Å²) < 4.78 is 5.39. The van der Waals surface area contributed by atoms with Gasteiger partial charge in [-0.3, -0.25) is 0 Å². The van der Waals surface area contributed by atoms with E-state index < -0.39 is 0 Å². The van der Waals surface area contributed by atoms with Gasteiger partial charge in [0.05, 0.1) is 0 Å². The number of hydrogen-bond donors (Lipinski definition) is 1. The van der Waals surface area contributed by atoms with Crippen LogP contribution in [-0.4, -0.2) is 21.2 Å². The standard InChI is InChI=1S/C11H11ClN2O2/c1-7-2-3-8(6-9(7)15)11-14-13-10(16-11)4-5-12/h2-3,6,15H,4-5H2,1H3. The highest BCUT2D eigenvalue weighted by Crippen LogP contribution is 2.25. The molecule has 0 saturated carbocycles. The molecular formula is C11H11ClN2O2. The zero-order valence-electron chi connectivity index (χ0n) is 8.77. The van der Waals surface area contributed by atoms with Crippen molar-refractivity contribution < 1.29 is 9.52 Å². The Hall–Kier alpha value is -1.55. The van der Waals surface area contributed by atoms with Gasteiger partial charge in [0.1, 0.15) is 5.75 Å². The summed E-state index contributed by atoms with van der Waals surface area (Å²) in [7, 11) is 0. The van der Waals surface area contributed by atoms with E-state index >= 15 is 0 Å². The lowest BCUT2D eigenvalue weighted by Gasteiger charge is -1.99. The van der Waals surface area contributed by atoms with Gasteiger partial charge in [0.15, 0.2) is 0 Å². The van der Waals surface area contributed by atoms with E-state index in [1.165, 1.54) is 0 Å². The second-order valence-electron chi connectivity index (χ2n) is 3.44. The molecule has 0 aliphatic carbocycles. The number of aromatic nitrogens is 2. The lowest BCUT2D eigenvalue weighted by molar-refractivity contribution is 0.470. The Morgan fingerprint density at radius 2 is 2.19 bits per heavy atom. The van der Waals surface area contributed by atoms with Crippen LogP contribution in [0.1, 0.15) is 11.5 Å². The quantitative estimate of drug-likeness (QED) is 0.835. The number of aromatic hydroxyl groups is 1. The van der Waals surface area contributed by atoms with E-state index in [0.717, 1.165) is 5.56 Å². The zero-order valence-corrected chi connectivity index (χ0v) is 9.53. The van der Waals surface area contributed by atoms with Gasteiger partial charge >= 0.3 is 0 Å². The fourth-order valence-electron chi connectivity index (χ4n) is 1.29. The summed E-state index contributed by atoms with van der Waals surface area (Å²) in [5, 5.41) is 17.3. The molecule has 16 heavy (non-hydrogen) atoms. The third-order valence-electron chi connectivity index (χ3n) is 2.23. The maximum absolute atomic E-state index is 9.56. The number of alkyl halides is 1. The van der Waals surface area contributed by atoms with Crippen LogP contribution in [0.15, 0.2) is 22.6 Å². The van der Waals surface area contributed by atoms with Crippen molar-refractivity contribution in [3.05, 3.63) is 29.7 Å². The van der Waals surface area contributed by atoms with Crippen LogP contribution in [0.3, 0.4) is 0 Å². The van der Waals surface area contributed by atoms with Crippen molar-refractivity contribution in [1.82, 2.24) is 10.2 Å². The molecule has 1 aromatic carbocycles. The molecule has 4 nitrogen and oxygen atoms in total. The maximum Gasteiger partial charge on any atom is 0.247 e. The summed E-state index contributed by atoms with van der Waals surface area (Å²) in [6.45, 7) is 1.83. The average molecular weight is 239 g/mol. The first kappa shape index (κ1) is 11.0. The smallest absolute Gasteiger partial charge is 0.247 e. The number of hydrogen-bond acceptors (Lipinski definition) is 4. The first-order valence-corrected chi connectivity index (χ1v) is 5.42. The number of nitrogens with zero attached hydrogens (tertiary/aromatic N) is 2. The molecule has 0 aliphatic heterocycles. The van der Waals surface area contributed by atoms with Crippen LogP contribution in [-0.2, 0) is 6.42 Å². The van der Waals surface area contributed by atoms with Crippen molar-refractivity contribution in [1.29, 1.82) is 0 Å². The molecule has 0 bridgehead atoms. The van der Waals surface area contributed by atoms with E-state index in [1.807, 2.05) is 13.0 Å². The van der Waals surface area contributed by atoms with Crippen LogP contribution in [0.4, 0.5) is 0 Å². The van der Waals surface area contributed by atoms with Crippen LogP contribution in [0.2, 0.25) is 0 Å². The van der Waals surface area contributed by atoms with Gasteiger partial charge in [-0.15, -0.1) is 21.8 Å². The molecule has 0 spiro atoms. The summed E-state index contributed by atoms with van der Waals surface area (Å²) in [5.74, 6) is 1.57. The lowest BCUT2D eigenvalue weighted by atomic mass is 10.1. The average Bonchev–Trinajstić information content (AvgIpc) is 2.71. The van der Waals surface area contributed by atoms with Gasteiger partial charge in [0.2, 0.25) is 11.8 Å². The van der Waals surface area contributed by atoms with Gasteiger partial charge in [-0.05, 0) is 24.6 Å². The van der Waals surface area contributed by atoms with E-state index in [9.17, 15) is 5.11 Å². The number of halogens is 1. The monoisotopic (exact) mass is 238 g/mol. The topological polar surface area (TPSA) is 59.2 Å². The maximum atomic E-state index is 9.56. The Balaban J connectivity index is 2.31. The summed E-state index contributed by atoms with van der Waals surface area (Å²) in [4.78, 5) is 0. The van der Waals surface area contributed by atoms with Crippen molar-refractivity contribution in [2.24, 2.45) is 0 Å². The Morgan fingerprint density at radius 1 is 1.38 bits per heavy atom. The molecule has 2 aromatic rings. The predicted octanol–water partition coefficient (Wildman–Crippen LogP) is 2.53. The normalized spacial score (nSPS) is 10.6. The van der Waals surface area contributed by atoms with Crippen LogP contribution in [0, 0.1) is 6.92 Å². The molecule has 0 unspecified atom stereocenters. The van der Waals surface area contributed by atoms with E-state index in [1.54, 1.807) is 12.1 Å². The van der Waals surface area contributed by atoms with Crippen LogP contribution in [0.25, 0.3) is 11.5 Å². The number of phenols is 1. The summed E-state index contributed by atoms with van der Waals surface area (Å²) >= 11 is 5.57. The minimum Gasteiger partial charge on any atom is -0.508 e. The van der Waals surface area contributed by atoms with Gasteiger partial charge in [-0.2, -0.15) is 0 Å². The zero-order chi connectivity index (χ0) is 11.5.